The monoisotopic (exact) mass is 325 g/mol. The third-order valence-electron chi connectivity index (χ3n) is 4.11. The second-order valence-corrected chi connectivity index (χ2v) is 6.21. The molecule has 1 unspecified atom stereocenters. The number of hydrogen-bond donors (Lipinski definition) is 1. The summed E-state index contributed by atoms with van der Waals surface area (Å²) < 4.78 is 0. The summed E-state index contributed by atoms with van der Waals surface area (Å²) in [6.45, 7) is 5.97. The second-order valence-electron chi connectivity index (χ2n) is 6.21. The summed E-state index contributed by atoms with van der Waals surface area (Å²) in [5, 5.41) is 9.35. The van der Waals surface area contributed by atoms with Crippen LogP contribution < -0.4 is 0 Å². The first kappa shape index (κ1) is 17.7. The number of carbonyl (C=O) groups excluding carboxylic acids is 1. The average Bonchev–Trinajstić information content (AvgIpc) is 2.59. The van der Waals surface area contributed by atoms with Crippen molar-refractivity contribution < 1.29 is 14.7 Å². The number of aliphatic carboxylic acids is 1. The molecule has 126 valence electrons. The smallest absolute Gasteiger partial charge is 0.326 e. The Bertz CT molecular complexity index is 693. The van der Waals surface area contributed by atoms with Gasteiger partial charge in [0, 0.05) is 12.1 Å². The molecule has 4 nitrogen and oxygen atoms in total. The van der Waals surface area contributed by atoms with E-state index in [1.807, 2.05) is 42.5 Å². The Morgan fingerprint density at radius 2 is 1.54 bits per heavy atom. The van der Waals surface area contributed by atoms with Crippen LogP contribution in [0.2, 0.25) is 0 Å². The van der Waals surface area contributed by atoms with E-state index < -0.39 is 12.0 Å². The maximum atomic E-state index is 12.8. The Kier molecular flexibility index (Phi) is 5.74. The van der Waals surface area contributed by atoms with Crippen molar-refractivity contribution in [2.75, 3.05) is 0 Å². The standard InChI is InChI=1S/C20H23NO3/c1-14(2)17-9-11-18(12-10-17)19(22)21(15(3)20(23)24)13-16-7-5-4-6-8-16/h4-12,14-15H,13H2,1-3H3,(H,23,24). The maximum absolute atomic E-state index is 12.8. The van der Waals surface area contributed by atoms with Crippen molar-refractivity contribution in [2.24, 2.45) is 0 Å². The minimum absolute atomic E-state index is 0.263. The Hall–Kier alpha value is -2.62. The number of carboxylic acids is 1. The number of rotatable bonds is 6. The Balaban J connectivity index is 2.28. The van der Waals surface area contributed by atoms with Gasteiger partial charge < -0.3 is 10.0 Å². The van der Waals surface area contributed by atoms with Crippen LogP contribution in [-0.4, -0.2) is 27.9 Å². The van der Waals surface area contributed by atoms with Crippen LogP contribution in [0, 0.1) is 0 Å². The van der Waals surface area contributed by atoms with Gasteiger partial charge in [-0.3, -0.25) is 4.79 Å². The van der Waals surface area contributed by atoms with Crippen molar-refractivity contribution >= 4 is 11.9 Å². The number of carboxylic acid groups (broad SMARTS) is 1. The molecule has 0 heterocycles. The first-order valence-corrected chi connectivity index (χ1v) is 8.07. The number of carbonyl (C=O) groups is 2. The molecule has 0 radical (unpaired) electrons. The molecule has 0 aliphatic rings. The lowest BCUT2D eigenvalue weighted by Gasteiger charge is -2.27. The van der Waals surface area contributed by atoms with Gasteiger partial charge in [0.05, 0.1) is 0 Å². The molecule has 1 amide bonds. The number of amides is 1. The van der Waals surface area contributed by atoms with Crippen molar-refractivity contribution in [2.45, 2.75) is 39.3 Å². The molecular formula is C20H23NO3. The van der Waals surface area contributed by atoms with E-state index >= 15 is 0 Å². The number of nitrogens with zero attached hydrogens (tertiary/aromatic N) is 1. The quantitative estimate of drug-likeness (QED) is 0.875. The fourth-order valence-corrected chi connectivity index (χ4v) is 2.47. The SMILES string of the molecule is CC(C)c1ccc(C(=O)N(Cc2ccccc2)C(C)C(=O)O)cc1. The summed E-state index contributed by atoms with van der Waals surface area (Å²) in [4.78, 5) is 25.6. The summed E-state index contributed by atoms with van der Waals surface area (Å²) >= 11 is 0. The third-order valence-corrected chi connectivity index (χ3v) is 4.11. The molecule has 0 spiro atoms. The van der Waals surface area contributed by atoms with Crippen molar-refractivity contribution in [3.05, 3.63) is 71.3 Å². The number of benzene rings is 2. The third kappa shape index (κ3) is 4.22. The van der Waals surface area contributed by atoms with Gasteiger partial charge >= 0.3 is 5.97 Å². The minimum Gasteiger partial charge on any atom is -0.480 e. The fraction of sp³-hybridized carbons (Fsp3) is 0.300. The molecule has 2 aromatic carbocycles. The molecule has 1 N–H and O–H groups in total. The summed E-state index contributed by atoms with van der Waals surface area (Å²) in [6.07, 6.45) is 0. The van der Waals surface area contributed by atoms with Crippen LogP contribution >= 0.6 is 0 Å². The molecule has 0 aromatic heterocycles. The van der Waals surface area contributed by atoms with E-state index in [0.717, 1.165) is 11.1 Å². The van der Waals surface area contributed by atoms with E-state index in [4.69, 9.17) is 0 Å². The molecule has 0 saturated heterocycles. The van der Waals surface area contributed by atoms with Gasteiger partial charge in [0.15, 0.2) is 0 Å². The van der Waals surface area contributed by atoms with E-state index in [0.29, 0.717) is 11.5 Å². The van der Waals surface area contributed by atoms with Crippen LogP contribution in [0.3, 0.4) is 0 Å². The average molecular weight is 325 g/mol. The van der Waals surface area contributed by atoms with Gasteiger partial charge in [0.25, 0.3) is 5.91 Å². The van der Waals surface area contributed by atoms with Crippen molar-refractivity contribution in [3.63, 3.8) is 0 Å². The molecule has 0 bridgehead atoms. The van der Waals surface area contributed by atoms with Crippen LogP contribution in [-0.2, 0) is 11.3 Å². The fourth-order valence-electron chi connectivity index (χ4n) is 2.47. The van der Waals surface area contributed by atoms with Gasteiger partial charge in [0.1, 0.15) is 6.04 Å². The normalized spacial score (nSPS) is 12.0. The van der Waals surface area contributed by atoms with E-state index in [2.05, 4.69) is 13.8 Å². The largest absolute Gasteiger partial charge is 0.480 e. The van der Waals surface area contributed by atoms with Gasteiger partial charge in [-0.2, -0.15) is 0 Å². The first-order chi connectivity index (χ1) is 11.4. The molecule has 1 atom stereocenters. The van der Waals surface area contributed by atoms with Gasteiger partial charge in [-0.1, -0.05) is 56.3 Å². The number of hydrogen-bond acceptors (Lipinski definition) is 2. The molecule has 0 aliphatic carbocycles. The zero-order valence-corrected chi connectivity index (χ0v) is 14.3. The second kappa shape index (κ2) is 7.77. The van der Waals surface area contributed by atoms with Crippen LogP contribution in [0.1, 0.15) is 48.2 Å². The van der Waals surface area contributed by atoms with Crippen molar-refractivity contribution in [3.8, 4) is 0 Å². The first-order valence-electron chi connectivity index (χ1n) is 8.07. The van der Waals surface area contributed by atoms with E-state index in [1.54, 1.807) is 12.1 Å². The van der Waals surface area contributed by atoms with Crippen LogP contribution in [0.15, 0.2) is 54.6 Å². The highest BCUT2D eigenvalue weighted by Crippen LogP contribution is 2.18. The Labute approximate surface area is 142 Å². The molecule has 0 saturated carbocycles. The molecule has 4 heteroatoms. The molecule has 0 fully saturated rings. The lowest BCUT2D eigenvalue weighted by Crippen LogP contribution is -2.42. The van der Waals surface area contributed by atoms with Crippen LogP contribution in [0.4, 0.5) is 0 Å². The lowest BCUT2D eigenvalue weighted by atomic mass is 10.0. The van der Waals surface area contributed by atoms with Gasteiger partial charge in [0.2, 0.25) is 0 Å². The summed E-state index contributed by atoms with van der Waals surface area (Å²) in [6, 6.07) is 15.9. The van der Waals surface area contributed by atoms with E-state index in [9.17, 15) is 14.7 Å². The van der Waals surface area contributed by atoms with E-state index in [1.165, 1.54) is 11.8 Å². The molecule has 2 aromatic rings. The van der Waals surface area contributed by atoms with Gasteiger partial charge in [-0.15, -0.1) is 0 Å². The topological polar surface area (TPSA) is 57.6 Å². The minimum atomic E-state index is -1.02. The van der Waals surface area contributed by atoms with Crippen molar-refractivity contribution in [1.82, 2.24) is 4.90 Å². The lowest BCUT2D eigenvalue weighted by molar-refractivity contribution is -0.141. The Morgan fingerprint density at radius 1 is 0.958 bits per heavy atom. The highest BCUT2D eigenvalue weighted by Gasteiger charge is 2.26. The predicted molar refractivity (Wildman–Crippen MR) is 93.9 cm³/mol. The van der Waals surface area contributed by atoms with Crippen LogP contribution in [0.25, 0.3) is 0 Å². The summed E-state index contributed by atoms with van der Waals surface area (Å²) in [5.41, 5.74) is 2.55. The Morgan fingerprint density at radius 3 is 2.04 bits per heavy atom. The molecule has 24 heavy (non-hydrogen) atoms. The van der Waals surface area contributed by atoms with Gasteiger partial charge in [-0.25, -0.2) is 4.79 Å². The van der Waals surface area contributed by atoms with Crippen LogP contribution in [0.5, 0.6) is 0 Å². The molecule has 2 rings (SSSR count). The molecule has 0 aliphatic heterocycles. The zero-order valence-electron chi connectivity index (χ0n) is 14.3. The maximum Gasteiger partial charge on any atom is 0.326 e. The van der Waals surface area contributed by atoms with Crippen molar-refractivity contribution in [1.29, 1.82) is 0 Å². The highest BCUT2D eigenvalue weighted by atomic mass is 16.4. The van der Waals surface area contributed by atoms with Gasteiger partial charge in [-0.05, 0) is 36.1 Å². The predicted octanol–water partition coefficient (Wildman–Crippen LogP) is 3.93. The zero-order chi connectivity index (χ0) is 17.7. The van der Waals surface area contributed by atoms with E-state index in [-0.39, 0.29) is 12.5 Å². The summed E-state index contributed by atoms with van der Waals surface area (Å²) in [5.74, 6) is -0.908. The molecular weight excluding hydrogens is 302 g/mol. The summed E-state index contributed by atoms with van der Waals surface area (Å²) in [7, 11) is 0. The highest BCUT2D eigenvalue weighted by molar-refractivity contribution is 5.96.